The molecule has 1 aromatic carbocycles. The molecule has 0 saturated carbocycles. The van der Waals surface area contributed by atoms with Gasteiger partial charge in [-0.2, -0.15) is 5.26 Å². The molecule has 0 unspecified atom stereocenters. The molecule has 6 heteroatoms. The van der Waals surface area contributed by atoms with Crippen LogP contribution in [-0.4, -0.2) is 28.5 Å². The third-order valence-electron chi connectivity index (χ3n) is 3.28. The minimum atomic E-state index is -1.42. The number of hydrogen-bond acceptors (Lipinski definition) is 4. The van der Waals surface area contributed by atoms with Crippen LogP contribution in [0.2, 0.25) is 0 Å². The van der Waals surface area contributed by atoms with Crippen molar-refractivity contribution in [3.8, 4) is 6.07 Å². The van der Waals surface area contributed by atoms with Crippen LogP contribution >= 0.6 is 0 Å². The Morgan fingerprint density at radius 3 is 2.37 bits per heavy atom. The lowest BCUT2D eigenvalue weighted by Gasteiger charge is -2.38. The van der Waals surface area contributed by atoms with E-state index in [2.05, 4.69) is 0 Å². The summed E-state index contributed by atoms with van der Waals surface area (Å²) in [7, 11) is -1.42. The third kappa shape index (κ3) is 3.54. The monoisotopic (exact) mass is 265 g/mol. The Morgan fingerprint density at radius 2 is 1.89 bits per heavy atom. The van der Waals surface area contributed by atoms with Crippen LogP contribution in [0.25, 0.3) is 0 Å². The van der Waals surface area contributed by atoms with Gasteiger partial charge in [0.1, 0.15) is 5.82 Å². The second kappa shape index (κ2) is 5.29. The van der Waals surface area contributed by atoms with E-state index >= 15 is 0 Å². The van der Waals surface area contributed by atoms with Gasteiger partial charge < -0.3 is 14.8 Å². The molecule has 0 fully saturated rings. The molecule has 0 radical (unpaired) electrons. The summed E-state index contributed by atoms with van der Waals surface area (Å²) in [5.41, 5.74) is -2.07. The van der Waals surface area contributed by atoms with Crippen LogP contribution in [0.4, 0.5) is 4.39 Å². The molecule has 0 heterocycles. The van der Waals surface area contributed by atoms with E-state index in [4.69, 9.17) is 9.92 Å². The van der Waals surface area contributed by atoms with Crippen molar-refractivity contribution in [2.45, 2.75) is 38.9 Å². The first-order valence-electron chi connectivity index (χ1n) is 5.86. The van der Waals surface area contributed by atoms with Gasteiger partial charge in [0, 0.05) is 5.46 Å². The Labute approximate surface area is 112 Å². The van der Waals surface area contributed by atoms with E-state index in [-0.39, 0.29) is 11.0 Å². The summed E-state index contributed by atoms with van der Waals surface area (Å²) in [5, 5.41) is 28.9. The van der Waals surface area contributed by atoms with Crippen LogP contribution in [0.1, 0.15) is 33.3 Å². The van der Waals surface area contributed by atoms with E-state index in [1.165, 1.54) is 6.07 Å². The van der Waals surface area contributed by atoms with Gasteiger partial charge in [0.15, 0.2) is 0 Å². The Kier molecular flexibility index (Phi) is 4.36. The molecule has 0 aliphatic heterocycles. The van der Waals surface area contributed by atoms with Gasteiger partial charge in [-0.15, -0.1) is 0 Å². The number of benzene rings is 1. The van der Waals surface area contributed by atoms with Crippen LogP contribution in [0.5, 0.6) is 0 Å². The number of rotatable bonds is 4. The predicted octanol–water partition coefficient (Wildman–Crippen LogP) is 0.951. The molecule has 0 spiro atoms. The Hall–Kier alpha value is -1.42. The quantitative estimate of drug-likeness (QED) is 0.795. The number of aliphatic hydroxyl groups is 1. The Bertz CT molecular complexity index is 506. The highest BCUT2D eigenvalue weighted by atomic mass is 19.1. The topological polar surface area (TPSA) is 73.5 Å². The maximum atomic E-state index is 13.0. The first kappa shape index (κ1) is 15.6. The van der Waals surface area contributed by atoms with E-state index in [9.17, 15) is 14.5 Å². The van der Waals surface area contributed by atoms with Gasteiger partial charge in [0.2, 0.25) is 0 Å². The summed E-state index contributed by atoms with van der Waals surface area (Å²) < 4.78 is 18.4. The Balaban J connectivity index is 3.03. The Morgan fingerprint density at radius 1 is 1.32 bits per heavy atom. The molecule has 19 heavy (non-hydrogen) atoms. The normalized spacial score (nSPS) is 12.1. The zero-order valence-electron chi connectivity index (χ0n) is 11.4. The van der Waals surface area contributed by atoms with Crippen molar-refractivity contribution < 1.29 is 19.2 Å². The maximum absolute atomic E-state index is 13.0. The van der Waals surface area contributed by atoms with Gasteiger partial charge in [0.05, 0.1) is 22.8 Å². The van der Waals surface area contributed by atoms with Crippen LogP contribution in [0.15, 0.2) is 18.2 Å². The highest BCUT2D eigenvalue weighted by molar-refractivity contribution is 6.60. The van der Waals surface area contributed by atoms with Crippen LogP contribution < -0.4 is 5.46 Å². The van der Waals surface area contributed by atoms with Gasteiger partial charge >= 0.3 is 7.12 Å². The van der Waals surface area contributed by atoms with Gasteiger partial charge in [-0.05, 0) is 39.8 Å². The van der Waals surface area contributed by atoms with Crippen molar-refractivity contribution in [2.75, 3.05) is 0 Å². The van der Waals surface area contributed by atoms with Crippen molar-refractivity contribution in [1.82, 2.24) is 0 Å². The standard InChI is InChI=1S/C13H17BFNO3/c1-12(2,17)13(3,4)19-14(18)11-6-5-10(15)7-9(11)8-16/h5-7,17-18H,1-4H3. The lowest BCUT2D eigenvalue weighted by Crippen LogP contribution is -2.53. The molecule has 0 aliphatic carbocycles. The van der Waals surface area contributed by atoms with Gasteiger partial charge in [-0.25, -0.2) is 4.39 Å². The van der Waals surface area contributed by atoms with E-state index in [0.29, 0.717) is 0 Å². The van der Waals surface area contributed by atoms with E-state index in [1.807, 2.05) is 0 Å². The molecule has 0 aromatic heterocycles. The zero-order chi connectivity index (χ0) is 14.8. The molecule has 2 N–H and O–H groups in total. The fourth-order valence-corrected chi connectivity index (χ4v) is 1.33. The maximum Gasteiger partial charge on any atom is 0.492 e. The molecule has 0 saturated heterocycles. The van der Waals surface area contributed by atoms with Gasteiger partial charge in [-0.3, -0.25) is 0 Å². The molecule has 0 amide bonds. The first-order valence-corrected chi connectivity index (χ1v) is 5.86. The van der Waals surface area contributed by atoms with Crippen LogP contribution in [-0.2, 0) is 4.65 Å². The van der Waals surface area contributed by atoms with E-state index in [0.717, 1.165) is 12.1 Å². The fourth-order valence-electron chi connectivity index (χ4n) is 1.33. The molecule has 1 rings (SSSR count). The highest BCUT2D eigenvalue weighted by Gasteiger charge is 2.40. The van der Waals surface area contributed by atoms with Crippen molar-refractivity contribution in [2.24, 2.45) is 0 Å². The molecule has 102 valence electrons. The molecule has 0 atom stereocenters. The van der Waals surface area contributed by atoms with Crippen molar-refractivity contribution in [3.05, 3.63) is 29.6 Å². The van der Waals surface area contributed by atoms with Gasteiger partial charge in [-0.1, -0.05) is 6.07 Å². The summed E-state index contributed by atoms with van der Waals surface area (Å²) in [4.78, 5) is 0. The summed E-state index contributed by atoms with van der Waals surface area (Å²) >= 11 is 0. The summed E-state index contributed by atoms with van der Waals surface area (Å²) in [6, 6.07) is 5.26. The molecular formula is C13H17BFNO3. The smallest absolute Gasteiger partial charge is 0.423 e. The lowest BCUT2D eigenvalue weighted by molar-refractivity contribution is -0.0982. The summed E-state index contributed by atoms with van der Waals surface area (Å²) in [6.07, 6.45) is 0. The SMILES string of the molecule is CC(C)(O)C(C)(C)OB(O)c1ccc(F)cc1C#N. The highest BCUT2D eigenvalue weighted by Crippen LogP contribution is 2.25. The van der Waals surface area contributed by atoms with E-state index in [1.54, 1.807) is 33.8 Å². The van der Waals surface area contributed by atoms with Crippen molar-refractivity contribution >= 4 is 12.6 Å². The lowest BCUT2D eigenvalue weighted by atomic mass is 9.74. The minimum Gasteiger partial charge on any atom is -0.423 e. The first-order chi connectivity index (χ1) is 8.58. The summed E-state index contributed by atoms with van der Waals surface area (Å²) in [5.74, 6) is -0.561. The fraction of sp³-hybridized carbons (Fsp3) is 0.462. The van der Waals surface area contributed by atoms with Crippen molar-refractivity contribution in [3.63, 3.8) is 0 Å². The van der Waals surface area contributed by atoms with E-state index < -0.39 is 24.1 Å². The molecule has 0 bridgehead atoms. The second-order valence-corrected chi connectivity index (χ2v) is 5.38. The number of nitriles is 1. The molecule has 4 nitrogen and oxygen atoms in total. The van der Waals surface area contributed by atoms with Crippen molar-refractivity contribution in [1.29, 1.82) is 5.26 Å². The molecule has 0 aliphatic rings. The minimum absolute atomic E-state index is 0.000883. The van der Waals surface area contributed by atoms with Gasteiger partial charge in [0.25, 0.3) is 0 Å². The average Bonchev–Trinajstić information content (AvgIpc) is 2.26. The largest absolute Gasteiger partial charge is 0.492 e. The average molecular weight is 265 g/mol. The second-order valence-electron chi connectivity index (χ2n) is 5.38. The van der Waals surface area contributed by atoms with Crippen LogP contribution in [0.3, 0.4) is 0 Å². The number of halogens is 1. The van der Waals surface area contributed by atoms with Crippen LogP contribution in [0, 0.1) is 17.1 Å². The summed E-state index contributed by atoms with van der Waals surface area (Å²) in [6.45, 7) is 6.34. The third-order valence-corrected chi connectivity index (χ3v) is 3.28. The molecular weight excluding hydrogens is 248 g/mol. The zero-order valence-corrected chi connectivity index (χ0v) is 11.4. The number of hydrogen-bond donors (Lipinski definition) is 2. The number of nitrogens with zero attached hydrogens (tertiary/aromatic N) is 1. The molecule has 1 aromatic rings. The predicted molar refractivity (Wildman–Crippen MR) is 70.2 cm³/mol.